The molecule has 0 spiro atoms. The third kappa shape index (κ3) is 4.96. The third-order valence-corrected chi connectivity index (χ3v) is 4.60. The van der Waals surface area contributed by atoms with Crippen LogP contribution in [0.2, 0.25) is 0 Å². The predicted molar refractivity (Wildman–Crippen MR) is 93.0 cm³/mol. The van der Waals surface area contributed by atoms with Crippen molar-refractivity contribution in [1.82, 2.24) is 15.5 Å². The number of carboxylic acids is 1. The van der Waals surface area contributed by atoms with Gasteiger partial charge in [0.1, 0.15) is 0 Å². The molecule has 0 heterocycles. The number of carbonyl (C=O) groups is 2. The molecule has 1 saturated carbocycles. The number of aliphatic carboxylic acids is 1. The molecule has 1 atom stereocenters. The minimum Gasteiger partial charge on any atom is -0.480 e. The minimum atomic E-state index is -0.807. The van der Waals surface area contributed by atoms with Crippen LogP contribution in [0.5, 0.6) is 0 Å². The van der Waals surface area contributed by atoms with Crippen LogP contribution in [0.3, 0.4) is 0 Å². The average molecular weight is 333 g/mol. The van der Waals surface area contributed by atoms with E-state index in [2.05, 4.69) is 16.7 Å². The number of hydrogen-bond donors (Lipinski definition) is 3. The highest BCUT2D eigenvalue weighted by molar-refractivity contribution is 5.75. The zero-order valence-corrected chi connectivity index (χ0v) is 14.6. The highest BCUT2D eigenvalue weighted by atomic mass is 16.4. The van der Waals surface area contributed by atoms with Gasteiger partial charge in [-0.15, -0.1) is 0 Å². The molecule has 6 nitrogen and oxygen atoms in total. The number of likely N-dealkylation sites (N-methyl/N-ethyl adjacent to an activating group) is 1. The third-order valence-electron chi connectivity index (χ3n) is 4.60. The van der Waals surface area contributed by atoms with Crippen molar-refractivity contribution in [2.45, 2.75) is 51.7 Å². The normalized spacial score (nSPS) is 21.0. The second-order valence-electron chi connectivity index (χ2n) is 6.53. The lowest BCUT2D eigenvalue weighted by Crippen LogP contribution is -2.56. The molecule has 0 aliphatic heterocycles. The number of aryl methyl sites for hydroxylation is 1. The number of nitrogens with one attached hydrogen (secondary N) is 2. The van der Waals surface area contributed by atoms with Crippen LogP contribution in [-0.2, 0) is 4.79 Å². The molecule has 1 unspecified atom stereocenters. The molecule has 0 saturated heterocycles. The van der Waals surface area contributed by atoms with E-state index in [4.69, 9.17) is 5.11 Å². The molecule has 0 radical (unpaired) electrons. The quantitative estimate of drug-likeness (QED) is 0.715. The molecule has 1 aromatic carbocycles. The van der Waals surface area contributed by atoms with Crippen molar-refractivity contribution >= 4 is 12.0 Å². The van der Waals surface area contributed by atoms with Crippen molar-refractivity contribution in [2.75, 3.05) is 13.1 Å². The summed E-state index contributed by atoms with van der Waals surface area (Å²) in [4.78, 5) is 24.9. The van der Waals surface area contributed by atoms with E-state index in [1.165, 1.54) is 5.56 Å². The molecule has 1 aliphatic rings. The average Bonchev–Trinajstić information content (AvgIpc) is 2.48. The summed E-state index contributed by atoms with van der Waals surface area (Å²) in [5, 5.41) is 14.8. The Balaban J connectivity index is 1.75. The maximum atomic E-state index is 12.1. The van der Waals surface area contributed by atoms with Gasteiger partial charge in [0.25, 0.3) is 0 Å². The Kier molecular flexibility index (Phi) is 6.20. The number of nitrogens with zero attached hydrogens (tertiary/aromatic N) is 1. The molecule has 6 heteroatoms. The largest absolute Gasteiger partial charge is 0.480 e. The van der Waals surface area contributed by atoms with Crippen LogP contribution in [0, 0.1) is 6.92 Å². The number of urea groups is 1. The molecule has 1 fully saturated rings. The number of benzene rings is 1. The molecule has 0 bridgehead atoms. The summed E-state index contributed by atoms with van der Waals surface area (Å²) in [6.45, 7) is 6.72. The highest BCUT2D eigenvalue weighted by Gasteiger charge is 2.34. The van der Waals surface area contributed by atoms with E-state index < -0.39 is 5.97 Å². The van der Waals surface area contributed by atoms with Crippen molar-refractivity contribution in [2.24, 2.45) is 0 Å². The van der Waals surface area contributed by atoms with Crippen LogP contribution in [0.25, 0.3) is 0 Å². The van der Waals surface area contributed by atoms with Crippen LogP contribution in [-0.4, -0.2) is 47.2 Å². The van der Waals surface area contributed by atoms with Gasteiger partial charge in [0.2, 0.25) is 0 Å². The van der Waals surface area contributed by atoms with E-state index in [9.17, 15) is 9.59 Å². The fourth-order valence-electron chi connectivity index (χ4n) is 3.12. The Morgan fingerprint density at radius 2 is 2.08 bits per heavy atom. The van der Waals surface area contributed by atoms with Crippen LogP contribution in [0.1, 0.15) is 43.9 Å². The molecule has 1 aliphatic carbocycles. The Hall–Kier alpha value is -2.08. The lowest BCUT2D eigenvalue weighted by molar-refractivity contribution is -0.139. The summed E-state index contributed by atoms with van der Waals surface area (Å²) >= 11 is 0. The number of carbonyl (C=O) groups excluding carboxylic acids is 1. The molecular formula is C18H27N3O3. The van der Waals surface area contributed by atoms with Crippen LogP contribution < -0.4 is 10.6 Å². The molecular weight excluding hydrogens is 306 g/mol. The van der Waals surface area contributed by atoms with Crippen molar-refractivity contribution < 1.29 is 14.7 Å². The molecule has 1 aromatic rings. The van der Waals surface area contributed by atoms with Crippen LogP contribution in [0.15, 0.2) is 24.3 Å². The number of rotatable bonds is 7. The van der Waals surface area contributed by atoms with Gasteiger partial charge in [-0.1, -0.05) is 36.8 Å². The Morgan fingerprint density at radius 3 is 2.67 bits per heavy atom. The number of hydrogen-bond acceptors (Lipinski definition) is 3. The lowest BCUT2D eigenvalue weighted by atomic mass is 9.85. The smallest absolute Gasteiger partial charge is 0.317 e. The Labute approximate surface area is 143 Å². The van der Waals surface area contributed by atoms with Crippen molar-refractivity contribution in [3.05, 3.63) is 35.4 Å². The molecule has 2 amide bonds. The fourth-order valence-corrected chi connectivity index (χ4v) is 3.12. The summed E-state index contributed by atoms with van der Waals surface area (Å²) in [6, 6.07) is 8.21. The first-order valence-corrected chi connectivity index (χ1v) is 8.48. The van der Waals surface area contributed by atoms with Gasteiger partial charge in [0.15, 0.2) is 0 Å². The minimum absolute atomic E-state index is 0.0556. The first-order valence-electron chi connectivity index (χ1n) is 8.48. The van der Waals surface area contributed by atoms with E-state index in [-0.39, 0.29) is 30.7 Å². The first-order chi connectivity index (χ1) is 11.4. The zero-order valence-electron chi connectivity index (χ0n) is 14.6. The predicted octanol–water partition coefficient (Wildman–Crippen LogP) is 2.29. The van der Waals surface area contributed by atoms with E-state index in [1.807, 2.05) is 43.9 Å². The molecule has 2 rings (SSSR count). The summed E-state index contributed by atoms with van der Waals surface area (Å²) in [7, 11) is 0. The summed E-state index contributed by atoms with van der Waals surface area (Å²) < 4.78 is 0. The van der Waals surface area contributed by atoms with Gasteiger partial charge in [-0.25, -0.2) is 4.79 Å². The van der Waals surface area contributed by atoms with Gasteiger partial charge in [0, 0.05) is 12.1 Å². The highest BCUT2D eigenvalue weighted by Crippen LogP contribution is 2.25. The van der Waals surface area contributed by atoms with Gasteiger partial charge < -0.3 is 15.7 Å². The SMILES string of the molecule is CCN(CC(=O)O)C1CC(NC(=O)NC(C)c2cccc(C)c2)C1. The van der Waals surface area contributed by atoms with Gasteiger partial charge in [-0.05, 0) is 38.8 Å². The second-order valence-corrected chi connectivity index (χ2v) is 6.53. The maximum Gasteiger partial charge on any atom is 0.317 e. The van der Waals surface area contributed by atoms with Gasteiger partial charge >= 0.3 is 12.0 Å². The number of amides is 2. The van der Waals surface area contributed by atoms with Crippen molar-refractivity contribution in [3.8, 4) is 0 Å². The summed E-state index contributed by atoms with van der Waals surface area (Å²) in [6.07, 6.45) is 1.60. The standard InChI is InChI=1S/C18H27N3O3/c1-4-21(11-17(22)23)16-9-15(10-16)20-18(24)19-13(3)14-7-5-6-12(2)8-14/h5-8,13,15-16H,4,9-11H2,1-3H3,(H,22,23)(H2,19,20,24). The summed E-state index contributed by atoms with van der Waals surface area (Å²) in [5.74, 6) is -0.807. The van der Waals surface area contributed by atoms with E-state index >= 15 is 0 Å². The van der Waals surface area contributed by atoms with Crippen LogP contribution in [0.4, 0.5) is 4.79 Å². The topological polar surface area (TPSA) is 81.7 Å². The van der Waals surface area contributed by atoms with Crippen molar-refractivity contribution in [1.29, 1.82) is 0 Å². The lowest BCUT2D eigenvalue weighted by Gasteiger charge is -2.42. The molecule has 24 heavy (non-hydrogen) atoms. The van der Waals surface area contributed by atoms with E-state index in [0.717, 1.165) is 18.4 Å². The van der Waals surface area contributed by atoms with Gasteiger partial charge in [-0.2, -0.15) is 0 Å². The molecule has 132 valence electrons. The van der Waals surface area contributed by atoms with E-state index in [1.54, 1.807) is 0 Å². The summed E-state index contributed by atoms with van der Waals surface area (Å²) in [5.41, 5.74) is 2.25. The number of carboxylic acid groups (broad SMARTS) is 1. The Bertz CT molecular complexity index is 585. The Morgan fingerprint density at radius 1 is 1.38 bits per heavy atom. The molecule has 3 N–H and O–H groups in total. The monoisotopic (exact) mass is 333 g/mol. The molecule has 0 aromatic heterocycles. The van der Waals surface area contributed by atoms with Crippen LogP contribution >= 0.6 is 0 Å². The zero-order chi connectivity index (χ0) is 17.7. The fraction of sp³-hybridized carbons (Fsp3) is 0.556. The van der Waals surface area contributed by atoms with Gasteiger partial charge in [-0.3, -0.25) is 9.69 Å². The first kappa shape index (κ1) is 18.3. The second kappa shape index (κ2) is 8.15. The van der Waals surface area contributed by atoms with Gasteiger partial charge in [0.05, 0.1) is 12.6 Å². The maximum absolute atomic E-state index is 12.1. The van der Waals surface area contributed by atoms with Crippen molar-refractivity contribution in [3.63, 3.8) is 0 Å². The van der Waals surface area contributed by atoms with E-state index in [0.29, 0.717) is 6.54 Å².